The van der Waals surface area contributed by atoms with Crippen LogP contribution in [0.1, 0.15) is 18.9 Å². The van der Waals surface area contributed by atoms with Crippen molar-refractivity contribution in [1.82, 2.24) is 0 Å². The lowest BCUT2D eigenvalue weighted by Crippen LogP contribution is -2.06. The molecule has 2 N–H and O–H groups in total. The Morgan fingerprint density at radius 1 is 1.43 bits per heavy atom. The first-order valence-electron chi connectivity index (χ1n) is 4.89. The Labute approximate surface area is 83.9 Å². The van der Waals surface area contributed by atoms with Gasteiger partial charge in [-0.15, -0.1) is 0 Å². The van der Waals surface area contributed by atoms with Crippen molar-refractivity contribution in [2.24, 2.45) is 5.73 Å². The molecule has 0 radical (unpaired) electrons. The lowest BCUT2D eigenvalue weighted by molar-refractivity contribution is 0.312. The fraction of sp³-hybridized carbons (Fsp3) is 0.455. The van der Waals surface area contributed by atoms with E-state index in [-0.39, 0.29) is 5.82 Å². The number of hydrogen-bond acceptors (Lipinski definition) is 2. The maximum absolute atomic E-state index is 12.9. The van der Waals surface area contributed by atoms with E-state index in [1.165, 1.54) is 12.1 Å². The molecule has 0 spiro atoms. The Hall–Kier alpha value is -1.09. The van der Waals surface area contributed by atoms with Gasteiger partial charge in [0.2, 0.25) is 0 Å². The molecule has 0 unspecified atom stereocenters. The second-order valence-corrected chi connectivity index (χ2v) is 3.14. The molecule has 0 saturated heterocycles. The highest BCUT2D eigenvalue weighted by Crippen LogP contribution is 2.20. The molecule has 14 heavy (non-hydrogen) atoms. The van der Waals surface area contributed by atoms with Crippen LogP contribution >= 0.6 is 0 Å². The first kappa shape index (κ1) is 11.0. The molecule has 0 fully saturated rings. The van der Waals surface area contributed by atoms with Gasteiger partial charge >= 0.3 is 0 Å². The van der Waals surface area contributed by atoms with Crippen LogP contribution in [-0.4, -0.2) is 13.2 Å². The zero-order valence-electron chi connectivity index (χ0n) is 8.42. The van der Waals surface area contributed by atoms with E-state index in [0.717, 1.165) is 18.4 Å². The van der Waals surface area contributed by atoms with Crippen LogP contribution in [0.3, 0.4) is 0 Å². The molecule has 0 bridgehead atoms. The van der Waals surface area contributed by atoms with Gasteiger partial charge in [0.1, 0.15) is 11.6 Å². The second kappa shape index (κ2) is 5.60. The zero-order valence-corrected chi connectivity index (χ0v) is 8.42. The average molecular weight is 197 g/mol. The van der Waals surface area contributed by atoms with Crippen molar-refractivity contribution in [3.63, 3.8) is 0 Å². The molecule has 78 valence electrons. The SMILES string of the molecule is CCCOc1cc(F)ccc1CCN. The first-order chi connectivity index (χ1) is 6.77. The van der Waals surface area contributed by atoms with E-state index in [4.69, 9.17) is 10.5 Å². The third-order valence-corrected chi connectivity index (χ3v) is 1.90. The van der Waals surface area contributed by atoms with Crippen LogP contribution in [0.5, 0.6) is 5.75 Å². The van der Waals surface area contributed by atoms with Crippen LogP contribution in [-0.2, 0) is 6.42 Å². The lowest BCUT2D eigenvalue weighted by atomic mass is 10.1. The van der Waals surface area contributed by atoms with Crippen LogP contribution in [0.2, 0.25) is 0 Å². The van der Waals surface area contributed by atoms with Crippen molar-refractivity contribution in [2.75, 3.05) is 13.2 Å². The van der Waals surface area contributed by atoms with Gasteiger partial charge in [0.25, 0.3) is 0 Å². The van der Waals surface area contributed by atoms with Crippen molar-refractivity contribution < 1.29 is 9.13 Å². The summed E-state index contributed by atoms with van der Waals surface area (Å²) in [7, 11) is 0. The summed E-state index contributed by atoms with van der Waals surface area (Å²) >= 11 is 0. The zero-order chi connectivity index (χ0) is 10.4. The van der Waals surface area contributed by atoms with Crippen LogP contribution in [0.15, 0.2) is 18.2 Å². The highest BCUT2D eigenvalue weighted by Gasteiger charge is 2.04. The number of ether oxygens (including phenoxy) is 1. The van der Waals surface area contributed by atoms with E-state index in [1.54, 1.807) is 6.07 Å². The topological polar surface area (TPSA) is 35.2 Å². The maximum atomic E-state index is 12.9. The minimum atomic E-state index is -0.267. The molecule has 0 aliphatic carbocycles. The van der Waals surface area contributed by atoms with E-state index in [2.05, 4.69) is 0 Å². The molecule has 1 aromatic carbocycles. The Morgan fingerprint density at radius 2 is 2.21 bits per heavy atom. The van der Waals surface area contributed by atoms with Crippen LogP contribution in [0, 0.1) is 5.82 Å². The summed E-state index contributed by atoms with van der Waals surface area (Å²) in [5.74, 6) is 0.356. The molecule has 0 atom stereocenters. The Balaban J connectivity index is 2.79. The van der Waals surface area contributed by atoms with Crippen molar-refractivity contribution in [3.8, 4) is 5.75 Å². The summed E-state index contributed by atoms with van der Waals surface area (Å²) in [5, 5.41) is 0. The van der Waals surface area contributed by atoms with Gasteiger partial charge in [0.05, 0.1) is 6.61 Å². The smallest absolute Gasteiger partial charge is 0.126 e. The van der Waals surface area contributed by atoms with Gasteiger partial charge in [-0.25, -0.2) is 4.39 Å². The third kappa shape index (κ3) is 3.00. The number of benzene rings is 1. The minimum absolute atomic E-state index is 0.267. The molecular formula is C11H16FNO. The second-order valence-electron chi connectivity index (χ2n) is 3.14. The van der Waals surface area contributed by atoms with Gasteiger partial charge in [0.15, 0.2) is 0 Å². The monoisotopic (exact) mass is 197 g/mol. The predicted molar refractivity (Wildman–Crippen MR) is 54.9 cm³/mol. The van der Waals surface area contributed by atoms with Crippen LogP contribution < -0.4 is 10.5 Å². The van der Waals surface area contributed by atoms with Gasteiger partial charge in [-0.05, 0) is 31.0 Å². The van der Waals surface area contributed by atoms with Gasteiger partial charge < -0.3 is 10.5 Å². The largest absolute Gasteiger partial charge is 0.493 e. The fourth-order valence-corrected chi connectivity index (χ4v) is 1.24. The summed E-state index contributed by atoms with van der Waals surface area (Å²) < 4.78 is 18.3. The molecular weight excluding hydrogens is 181 g/mol. The first-order valence-corrected chi connectivity index (χ1v) is 4.89. The standard InChI is InChI=1S/C11H16FNO/c1-2-7-14-11-8-10(12)4-3-9(11)5-6-13/h3-4,8H,2,5-7,13H2,1H3. The maximum Gasteiger partial charge on any atom is 0.126 e. The summed E-state index contributed by atoms with van der Waals surface area (Å²) in [4.78, 5) is 0. The Kier molecular flexibility index (Phi) is 4.40. The van der Waals surface area contributed by atoms with E-state index < -0.39 is 0 Å². The summed E-state index contributed by atoms with van der Waals surface area (Å²) in [5.41, 5.74) is 6.42. The minimum Gasteiger partial charge on any atom is -0.493 e. The normalized spacial score (nSPS) is 10.2. The van der Waals surface area contributed by atoms with Gasteiger partial charge in [0, 0.05) is 6.07 Å². The van der Waals surface area contributed by atoms with Crippen molar-refractivity contribution in [1.29, 1.82) is 0 Å². The molecule has 0 heterocycles. The molecule has 1 rings (SSSR count). The Bertz CT molecular complexity index is 289. The quantitative estimate of drug-likeness (QED) is 0.784. The summed E-state index contributed by atoms with van der Waals surface area (Å²) in [6, 6.07) is 4.58. The number of nitrogens with two attached hydrogens (primary N) is 1. The van der Waals surface area contributed by atoms with E-state index >= 15 is 0 Å². The van der Waals surface area contributed by atoms with Crippen molar-refractivity contribution in [3.05, 3.63) is 29.6 Å². The van der Waals surface area contributed by atoms with E-state index in [9.17, 15) is 4.39 Å². The van der Waals surface area contributed by atoms with Gasteiger partial charge in [-0.2, -0.15) is 0 Å². The lowest BCUT2D eigenvalue weighted by Gasteiger charge is -2.09. The Morgan fingerprint density at radius 3 is 2.86 bits per heavy atom. The molecule has 2 nitrogen and oxygen atoms in total. The predicted octanol–water partition coefficient (Wildman–Crippen LogP) is 2.12. The highest BCUT2D eigenvalue weighted by atomic mass is 19.1. The fourth-order valence-electron chi connectivity index (χ4n) is 1.24. The molecule has 0 amide bonds. The van der Waals surface area contributed by atoms with Crippen LogP contribution in [0.4, 0.5) is 4.39 Å². The van der Waals surface area contributed by atoms with Crippen LogP contribution in [0.25, 0.3) is 0 Å². The van der Waals surface area contributed by atoms with Gasteiger partial charge in [-0.1, -0.05) is 13.0 Å². The molecule has 3 heteroatoms. The molecule has 0 aromatic heterocycles. The highest BCUT2D eigenvalue weighted by molar-refractivity contribution is 5.34. The summed E-state index contributed by atoms with van der Waals surface area (Å²) in [6.45, 7) is 3.18. The van der Waals surface area contributed by atoms with Crippen molar-refractivity contribution in [2.45, 2.75) is 19.8 Å². The van der Waals surface area contributed by atoms with E-state index in [1.807, 2.05) is 6.92 Å². The number of rotatable bonds is 5. The summed E-state index contributed by atoms with van der Waals surface area (Å²) in [6.07, 6.45) is 1.64. The number of halogens is 1. The average Bonchev–Trinajstić information content (AvgIpc) is 2.18. The van der Waals surface area contributed by atoms with Crippen molar-refractivity contribution >= 4 is 0 Å². The number of hydrogen-bond donors (Lipinski definition) is 1. The van der Waals surface area contributed by atoms with E-state index in [0.29, 0.717) is 18.9 Å². The molecule has 1 aromatic rings. The molecule has 0 aliphatic heterocycles. The third-order valence-electron chi connectivity index (χ3n) is 1.90. The molecule has 0 saturated carbocycles. The molecule has 0 aliphatic rings. The van der Waals surface area contributed by atoms with Gasteiger partial charge in [-0.3, -0.25) is 0 Å².